The first kappa shape index (κ1) is 10.7. The third kappa shape index (κ3) is 2.09. The molecule has 0 heterocycles. The number of nitro benzene ring substituents is 1. The highest BCUT2D eigenvalue weighted by molar-refractivity contribution is 9.10. The average Bonchev–Trinajstić information content (AvgIpc) is 2.17. The van der Waals surface area contributed by atoms with Crippen LogP contribution in [0.1, 0.15) is 18.4 Å². The number of benzene rings is 1. The summed E-state index contributed by atoms with van der Waals surface area (Å²) in [6.45, 7) is 1.70. The van der Waals surface area contributed by atoms with Gasteiger partial charge in [-0.1, -0.05) is 6.07 Å². The second-order valence-electron chi connectivity index (χ2n) is 2.82. The molecular weight excluding hydrogens is 248 g/mol. The lowest BCUT2D eigenvalue weighted by Crippen LogP contribution is -1.94. The number of nitriles is 1. The van der Waals surface area contributed by atoms with Crippen LogP contribution in [0.25, 0.3) is 0 Å². The Morgan fingerprint density at radius 1 is 1.64 bits per heavy atom. The van der Waals surface area contributed by atoms with Gasteiger partial charge in [0.25, 0.3) is 5.69 Å². The highest BCUT2D eigenvalue weighted by Crippen LogP contribution is 2.28. The third-order valence-corrected chi connectivity index (χ3v) is 2.53. The van der Waals surface area contributed by atoms with Crippen LogP contribution in [0.15, 0.2) is 22.7 Å². The number of hydrogen-bond donors (Lipinski definition) is 0. The second-order valence-corrected chi connectivity index (χ2v) is 3.67. The van der Waals surface area contributed by atoms with Gasteiger partial charge < -0.3 is 0 Å². The molecule has 4 nitrogen and oxygen atoms in total. The van der Waals surface area contributed by atoms with Crippen molar-refractivity contribution in [2.75, 3.05) is 0 Å². The van der Waals surface area contributed by atoms with Gasteiger partial charge in [0.15, 0.2) is 0 Å². The Hall–Kier alpha value is -1.41. The molecule has 0 saturated carbocycles. The molecular formula is C9H7BrN2O2. The van der Waals surface area contributed by atoms with E-state index in [2.05, 4.69) is 15.9 Å². The van der Waals surface area contributed by atoms with E-state index >= 15 is 0 Å². The smallest absolute Gasteiger partial charge is 0.258 e. The summed E-state index contributed by atoms with van der Waals surface area (Å²) in [5.41, 5.74) is 0.645. The molecule has 5 heteroatoms. The van der Waals surface area contributed by atoms with E-state index in [9.17, 15) is 10.1 Å². The van der Waals surface area contributed by atoms with Gasteiger partial charge >= 0.3 is 0 Å². The molecule has 1 rings (SSSR count). The van der Waals surface area contributed by atoms with Gasteiger partial charge in [-0.3, -0.25) is 10.1 Å². The highest BCUT2D eigenvalue weighted by atomic mass is 79.9. The molecule has 0 aliphatic carbocycles. The fourth-order valence-electron chi connectivity index (χ4n) is 1.01. The van der Waals surface area contributed by atoms with Gasteiger partial charge in [-0.15, -0.1) is 0 Å². The lowest BCUT2D eigenvalue weighted by molar-refractivity contribution is -0.385. The summed E-state index contributed by atoms with van der Waals surface area (Å²) in [6, 6.07) is 6.73. The summed E-state index contributed by atoms with van der Waals surface area (Å²) < 4.78 is 0.427. The van der Waals surface area contributed by atoms with Crippen molar-refractivity contribution in [1.29, 1.82) is 5.26 Å². The predicted octanol–water partition coefficient (Wildman–Crippen LogP) is 2.98. The largest absolute Gasteiger partial charge is 0.283 e. The fourth-order valence-corrected chi connectivity index (χ4v) is 1.40. The summed E-state index contributed by atoms with van der Waals surface area (Å²) in [6.07, 6.45) is 0. The third-order valence-electron chi connectivity index (χ3n) is 1.86. The van der Waals surface area contributed by atoms with Gasteiger partial charge in [-0.2, -0.15) is 5.26 Å². The van der Waals surface area contributed by atoms with Crippen LogP contribution in [-0.4, -0.2) is 4.92 Å². The van der Waals surface area contributed by atoms with E-state index < -0.39 is 4.92 Å². The lowest BCUT2D eigenvalue weighted by Gasteiger charge is -2.02. The van der Waals surface area contributed by atoms with Crippen molar-refractivity contribution < 1.29 is 4.92 Å². The van der Waals surface area contributed by atoms with Crippen molar-refractivity contribution >= 4 is 21.6 Å². The van der Waals surface area contributed by atoms with Gasteiger partial charge in [-0.25, -0.2) is 0 Å². The second kappa shape index (κ2) is 4.20. The molecule has 72 valence electrons. The van der Waals surface area contributed by atoms with E-state index in [1.165, 1.54) is 6.07 Å². The van der Waals surface area contributed by atoms with Crippen molar-refractivity contribution in [3.63, 3.8) is 0 Å². The summed E-state index contributed by atoms with van der Waals surface area (Å²) >= 11 is 3.08. The summed E-state index contributed by atoms with van der Waals surface area (Å²) in [5.74, 6) is -0.332. The minimum atomic E-state index is -0.475. The van der Waals surface area contributed by atoms with Crippen molar-refractivity contribution in [2.45, 2.75) is 12.8 Å². The van der Waals surface area contributed by atoms with Crippen LogP contribution in [0.5, 0.6) is 0 Å². The quantitative estimate of drug-likeness (QED) is 0.602. The fraction of sp³-hybridized carbons (Fsp3) is 0.222. The molecule has 0 aliphatic heterocycles. The van der Waals surface area contributed by atoms with E-state index in [-0.39, 0.29) is 11.6 Å². The van der Waals surface area contributed by atoms with Gasteiger partial charge in [0, 0.05) is 6.07 Å². The van der Waals surface area contributed by atoms with Crippen LogP contribution in [0.3, 0.4) is 0 Å². The molecule has 0 saturated heterocycles. The summed E-state index contributed by atoms with van der Waals surface area (Å²) in [4.78, 5) is 10.1. The molecule has 0 spiro atoms. The monoisotopic (exact) mass is 254 g/mol. The van der Waals surface area contributed by atoms with Gasteiger partial charge in [0.05, 0.1) is 21.4 Å². The predicted molar refractivity (Wildman–Crippen MR) is 54.8 cm³/mol. The van der Waals surface area contributed by atoms with Crippen LogP contribution in [0, 0.1) is 21.4 Å². The Morgan fingerprint density at radius 3 is 2.79 bits per heavy atom. The molecule has 0 bridgehead atoms. The number of hydrogen-bond acceptors (Lipinski definition) is 3. The SMILES string of the molecule is CC(C#N)c1ccc(Br)c([N+](=O)[O-])c1. The zero-order valence-corrected chi connectivity index (χ0v) is 8.98. The van der Waals surface area contributed by atoms with Crippen molar-refractivity contribution in [3.8, 4) is 6.07 Å². The molecule has 1 atom stereocenters. The Kier molecular flexibility index (Phi) is 3.20. The zero-order chi connectivity index (χ0) is 10.7. The molecule has 0 radical (unpaired) electrons. The van der Waals surface area contributed by atoms with Crippen molar-refractivity contribution in [2.24, 2.45) is 0 Å². The van der Waals surface area contributed by atoms with Gasteiger partial charge in [0.2, 0.25) is 0 Å². The van der Waals surface area contributed by atoms with Crippen LogP contribution < -0.4 is 0 Å². The lowest BCUT2D eigenvalue weighted by atomic mass is 10.0. The minimum absolute atomic E-state index is 0.00963. The first-order chi connectivity index (χ1) is 6.56. The maximum Gasteiger partial charge on any atom is 0.283 e. The average molecular weight is 255 g/mol. The molecule has 0 aliphatic rings. The molecule has 1 aromatic carbocycles. The highest BCUT2D eigenvalue weighted by Gasteiger charge is 2.14. The Morgan fingerprint density at radius 2 is 2.29 bits per heavy atom. The molecule has 1 aromatic rings. The van der Waals surface area contributed by atoms with Crippen molar-refractivity contribution in [1.82, 2.24) is 0 Å². The van der Waals surface area contributed by atoms with Crippen LogP contribution >= 0.6 is 15.9 Å². The Bertz CT molecular complexity index is 412. The first-order valence-corrected chi connectivity index (χ1v) is 4.69. The van der Waals surface area contributed by atoms with E-state index in [0.29, 0.717) is 10.0 Å². The first-order valence-electron chi connectivity index (χ1n) is 3.89. The topological polar surface area (TPSA) is 66.9 Å². The summed E-state index contributed by atoms with van der Waals surface area (Å²) in [5, 5.41) is 19.2. The zero-order valence-electron chi connectivity index (χ0n) is 7.40. The standard InChI is InChI=1S/C9H7BrN2O2/c1-6(5-11)7-2-3-8(10)9(4-7)12(13)14/h2-4,6H,1H3. The van der Waals surface area contributed by atoms with Gasteiger partial charge in [-0.05, 0) is 34.5 Å². The maximum absolute atomic E-state index is 10.6. The van der Waals surface area contributed by atoms with E-state index in [0.717, 1.165) is 0 Å². The maximum atomic E-state index is 10.6. The van der Waals surface area contributed by atoms with Crippen LogP contribution in [-0.2, 0) is 0 Å². The number of nitrogens with zero attached hydrogens (tertiary/aromatic N) is 2. The van der Waals surface area contributed by atoms with Crippen LogP contribution in [0.2, 0.25) is 0 Å². The van der Waals surface area contributed by atoms with Gasteiger partial charge in [0.1, 0.15) is 0 Å². The molecule has 14 heavy (non-hydrogen) atoms. The Balaban J connectivity index is 3.21. The molecule has 0 amide bonds. The van der Waals surface area contributed by atoms with Crippen LogP contribution in [0.4, 0.5) is 5.69 Å². The minimum Gasteiger partial charge on any atom is -0.258 e. The number of halogens is 1. The summed E-state index contributed by atoms with van der Waals surface area (Å²) in [7, 11) is 0. The molecule has 0 aromatic heterocycles. The Labute approximate surface area is 89.4 Å². The molecule has 0 fully saturated rings. The molecule has 0 N–H and O–H groups in total. The van der Waals surface area contributed by atoms with E-state index in [4.69, 9.17) is 5.26 Å². The number of rotatable bonds is 2. The normalized spacial score (nSPS) is 11.8. The van der Waals surface area contributed by atoms with Crippen molar-refractivity contribution in [3.05, 3.63) is 38.3 Å². The number of nitro groups is 1. The van der Waals surface area contributed by atoms with E-state index in [1.54, 1.807) is 19.1 Å². The molecule has 1 unspecified atom stereocenters. The van der Waals surface area contributed by atoms with E-state index in [1.807, 2.05) is 6.07 Å².